The second kappa shape index (κ2) is 5.27. The van der Waals surface area contributed by atoms with Crippen molar-refractivity contribution >= 4 is 16.7 Å². The van der Waals surface area contributed by atoms with Gasteiger partial charge in [0, 0.05) is 28.3 Å². The van der Waals surface area contributed by atoms with Gasteiger partial charge < -0.3 is 11.1 Å². The van der Waals surface area contributed by atoms with Crippen molar-refractivity contribution < 1.29 is 9.00 Å². The molecule has 1 saturated heterocycles. The fourth-order valence-corrected chi connectivity index (χ4v) is 2.92. The second-order valence-corrected chi connectivity index (χ2v) is 7.17. The van der Waals surface area contributed by atoms with Crippen molar-refractivity contribution in [3.63, 3.8) is 0 Å². The third-order valence-electron chi connectivity index (χ3n) is 2.95. The number of carbonyl (C=O) groups excluding carboxylic acids is 1. The Bertz CT molecular complexity index is 276. The molecular weight excluding hydrogens is 224 g/mol. The monoisotopic (exact) mass is 246 g/mol. The highest BCUT2D eigenvalue weighted by atomic mass is 32.2. The quantitative estimate of drug-likeness (QED) is 0.740. The lowest BCUT2D eigenvalue weighted by molar-refractivity contribution is -0.125. The number of amides is 1. The predicted octanol–water partition coefficient (Wildman–Crippen LogP) is 0.387. The van der Waals surface area contributed by atoms with Crippen LogP contribution in [0.2, 0.25) is 0 Å². The molecule has 1 heterocycles. The molecule has 0 aromatic rings. The van der Waals surface area contributed by atoms with Gasteiger partial charge in [-0.3, -0.25) is 9.00 Å². The normalized spacial score (nSPS) is 28.5. The molecule has 5 heteroatoms. The maximum absolute atomic E-state index is 11.8. The Kier molecular flexibility index (Phi) is 4.50. The van der Waals surface area contributed by atoms with E-state index < -0.39 is 16.8 Å². The molecule has 3 N–H and O–H groups in total. The van der Waals surface area contributed by atoms with Crippen molar-refractivity contribution in [3.8, 4) is 0 Å². The molecule has 0 bridgehead atoms. The molecule has 1 fully saturated rings. The van der Waals surface area contributed by atoms with E-state index in [2.05, 4.69) is 5.32 Å². The Balaban J connectivity index is 2.43. The predicted molar refractivity (Wildman–Crippen MR) is 66.5 cm³/mol. The van der Waals surface area contributed by atoms with Crippen LogP contribution >= 0.6 is 0 Å². The average Bonchev–Trinajstić information content (AvgIpc) is 2.19. The van der Waals surface area contributed by atoms with Gasteiger partial charge in [-0.25, -0.2) is 0 Å². The van der Waals surface area contributed by atoms with Crippen LogP contribution in [0.25, 0.3) is 0 Å². The van der Waals surface area contributed by atoms with Crippen LogP contribution in [-0.4, -0.2) is 33.7 Å². The lowest BCUT2D eigenvalue weighted by Gasteiger charge is -2.29. The maximum Gasteiger partial charge on any atom is 0.237 e. The highest BCUT2D eigenvalue weighted by molar-refractivity contribution is 7.85. The van der Waals surface area contributed by atoms with Crippen molar-refractivity contribution in [3.05, 3.63) is 0 Å². The summed E-state index contributed by atoms with van der Waals surface area (Å²) in [6.07, 6.45) is 1.60. The maximum atomic E-state index is 11.8. The SMILES string of the molecule is CC(C)(C)[C@@H](N)C(=O)NC1CCS(=O)CC1. The molecule has 0 aliphatic carbocycles. The standard InChI is InChI=1S/C11H22N2O2S/c1-11(2,3)9(12)10(14)13-8-4-6-16(15)7-5-8/h8-9H,4-7,12H2,1-3H3,(H,13,14)/t8?,9-,16?/m0/s1. The minimum Gasteiger partial charge on any atom is -0.352 e. The lowest BCUT2D eigenvalue weighted by atomic mass is 9.86. The van der Waals surface area contributed by atoms with E-state index in [-0.39, 0.29) is 17.4 Å². The summed E-state index contributed by atoms with van der Waals surface area (Å²) in [6, 6.07) is -0.335. The van der Waals surface area contributed by atoms with E-state index in [1.807, 2.05) is 20.8 Å². The molecule has 0 saturated carbocycles. The summed E-state index contributed by atoms with van der Waals surface area (Å²) in [6.45, 7) is 5.85. The molecule has 1 aliphatic heterocycles. The van der Waals surface area contributed by atoms with Gasteiger partial charge in [0.15, 0.2) is 0 Å². The van der Waals surface area contributed by atoms with Crippen LogP contribution in [0.4, 0.5) is 0 Å². The zero-order valence-electron chi connectivity index (χ0n) is 10.3. The van der Waals surface area contributed by atoms with Crippen LogP contribution in [0.5, 0.6) is 0 Å². The minimum absolute atomic E-state index is 0.0924. The summed E-state index contributed by atoms with van der Waals surface area (Å²) in [5, 5.41) is 2.95. The first-order chi connectivity index (χ1) is 7.30. The number of rotatable bonds is 2. The fourth-order valence-electron chi connectivity index (χ4n) is 1.62. The van der Waals surface area contributed by atoms with Gasteiger partial charge in [0.2, 0.25) is 5.91 Å². The van der Waals surface area contributed by atoms with E-state index in [0.29, 0.717) is 11.5 Å². The third kappa shape index (κ3) is 3.87. The molecule has 1 amide bonds. The van der Waals surface area contributed by atoms with E-state index in [0.717, 1.165) is 12.8 Å². The number of hydrogen-bond donors (Lipinski definition) is 2. The van der Waals surface area contributed by atoms with Gasteiger partial charge in [0.05, 0.1) is 6.04 Å². The summed E-state index contributed by atoms with van der Waals surface area (Å²) >= 11 is 0. The summed E-state index contributed by atoms with van der Waals surface area (Å²) in [7, 11) is -0.686. The van der Waals surface area contributed by atoms with Crippen LogP contribution < -0.4 is 11.1 Å². The smallest absolute Gasteiger partial charge is 0.237 e. The summed E-state index contributed by atoms with van der Waals surface area (Å²) in [5.74, 6) is 1.29. The van der Waals surface area contributed by atoms with Crippen LogP contribution in [-0.2, 0) is 15.6 Å². The van der Waals surface area contributed by atoms with Gasteiger partial charge in [0.25, 0.3) is 0 Å². The molecular formula is C11H22N2O2S. The molecule has 94 valence electrons. The molecule has 4 nitrogen and oxygen atoms in total. The molecule has 16 heavy (non-hydrogen) atoms. The molecule has 1 aliphatic rings. The van der Waals surface area contributed by atoms with Crippen molar-refractivity contribution in [1.82, 2.24) is 5.32 Å². The number of carbonyl (C=O) groups is 1. The van der Waals surface area contributed by atoms with E-state index in [4.69, 9.17) is 5.73 Å². The Morgan fingerprint density at radius 2 is 1.88 bits per heavy atom. The van der Waals surface area contributed by atoms with Crippen LogP contribution in [0.1, 0.15) is 33.6 Å². The first kappa shape index (κ1) is 13.6. The van der Waals surface area contributed by atoms with Gasteiger partial charge in [0.1, 0.15) is 0 Å². The fraction of sp³-hybridized carbons (Fsp3) is 0.909. The summed E-state index contributed by atoms with van der Waals surface area (Å²) in [5.41, 5.74) is 5.65. The Morgan fingerprint density at radius 3 is 2.31 bits per heavy atom. The first-order valence-corrected chi connectivity index (χ1v) is 7.20. The number of hydrogen-bond acceptors (Lipinski definition) is 3. The molecule has 0 unspecified atom stereocenters. The van der Waals surface area contributed by atoms with Gasteiger partial charge in [-0.15, -0.1) is 0 Å². The van der Waals surface area contributed by atoms with E-state index in [9.17, 15) is 9.00 Å². The van der Waals surface area contributed by atoms with Crippen molar-refractivity contribution in [1.29, 1.82) is 0 Å². The molecule has 0 aromatic heterocycles. The number of nitrogens with one attached hydrogen (secondary N) is 1. The summed E-state index contributed by atoms with van der Waals surface area (Å²) < 4.78 is 11.2. The van der Waals surface area contributed by atoms with E-state index in [1.165, 1.54) is 0 Å². The van der Waals surface area contributed by atoms with Crippen molar-refractivity contribution in [2.24, 2.45) is 11.1 Å². The Morgan fingerprint density at radius 1 is 1.38 bits per heavy atom. The van der Waals surface area contributed by atoms with Crippen LogP contribution in [0, 0.1) is 5.41 Å². The van der Waals surface area contributed by atoms with Crippen LogP contribution in [0.3, 0.4) is 0 Å². The van der Waals surface area contributed by atoms with E-state index in [1.54, 1.807) is 0 Å². The van der Waals surface area contributed by atoms with Gasteiger partial charge in [-0.05, 0) is 18.3 Å². The molecule has 0 radical (unpaired) electrons. The van der Waals surface area contributed by atoms with Crippen molar-refractivity contribution in [2.45, 2.75) is 45.7 Å². The molecule has 0 spiro atoms. The number of nitrogens with two attached hydrogens (primary N) is 1. The largest absolute Gasteiger partial charge is 0.352 e. The molecule has 1 atom stereocenters. The first-order valence-electron chi connectivity index (χ1n) is 5.71. The van der Waals surface area contributed by atoms with Gasteiger partial charge >= 0.3 is 0 Å². The zero-order valence-corrected chi connectivity index (χ0v) is 11.1. The van der Waals surface area contributed by atoms with Crippen molar-refractivity contribution in [2.75, 3.05) is 11.5 Å². The Hall–Kier alpha value is -0.420. The van der Waals surface area contributed by atoms with Crippen LogP contribution in [0.15, 0.2) is 0 Å². The lowest BCUT2D eigenvalue weighted by Crippen LogP contribution is -2.52. The van der Waals surface area contributed by atoms with Gasteiger partial charge in [-0.2, -0.15) is 0 Å². The minimum atomic E-state index is -0.686. The van der Waals surface area contributed by atoms with E-state index >= 15 is 0 Å². The molecule has 0 aromatic carbocycles. The Labute approximate surface area is 99.8 Å². The third-order valence-corrected chi connectivity index (χ3v) is 4.33. The highest BCUT2D eigenvalue weighted by Crippen LogP contribution is 2.18. The topological polar surface area (TPSA) is 72.2 Å². The average molecular weight is 246 g/mol. The summed E-state index contributed by atoms with van der Waals surface area (Å²) in [4.78, 5) is 11.8. The highest BCUT2D eigenvalue weighted by Gasteiger charge is 2.29. The van der Waals surface area contributed by atoms with Gasteiger partial charge in [-0.1, -0.05) is 20.8 Å². The second-order valence-electron chi connectivity index (χ2n) is 5.47. The molecule has 1 rings (SSSR count). The zero-order chi connectivity index (χ0) is 12.3.